The van der Waals surface area contributed by atoms with Crippen molar-refractivity contribution in [3.8, 4) is 5.75 Å². The van der Waals surface area contributed by atoms with Crippen LogP contribution in [0.15, 0.2) is 23.1 Å². The highest BCUT2D eigenvalue weighted by molar-refractivity contribution is 7.89. The summed E-state index contributed by atoms with van der Waals surface area (Å²) < 4.78 is 43.0. The fourth-order valence-corrected chi connectivity index (χ4v) is 2.67. The average Bonchev–Trinajstić information content (AvgIpc) is 2.36. The van der Waals surface area contributed by atoms with Crippen molar-refractivity contribution in [2.45, 2.75) is 17.9 Å². The molecule has 1 N–H and O–H groups in total. The summed E-state index contributed by atoms with van der Waals surface area (Å²) in [4.78, 5) is 10.5. The normalized spacial score (nSPS) is 13.3. The molecular weight excluding hydrogens is 277 g/mol. The Hall–Kier alpha value is -1.67. The number of nitrogens with zero attached hydrogens (tertiary/aromatic N) is 1. The SMILES string of the molecule is COc1ccc(S(=O)(=O)N(C)C(C)C(=O)O)cc1F. The average molecular weight is 291 g/mol. The molecule has 8 heteroatoms. The van der Waals surface area contributed by atoms with Crippen LogP contribution < -0.4 is 4.74 Å². The van der Waals surface area contributed by atoms with Crippen LogP contribution in [0, 0.1) is 5.82 Å². The maximum absolute atomic E-state index is 13.5. The number of methoxy groups -OCH3 is 1. The van der Waals surface area contributed by atoms with Gasteiger partial charge >= 0.3 is 5.97 Å². The van der Waals surface area contributed by atoms with E-state index in [2.05, 4.69) is 4.74 Å². The van der Waals surface area contributed by atoms with E-state index in [4.69, 9.17) is 5.11 Å². The highest BCUT2D eigenvalue weighted by Gasteiger charge is 2.30. The summed E-state index contributed by atoms with van der Waals surface area (Å²) in [6.07, 6.45) is 0. The number of likely N-dealkylation sites (N-methyl/N-ethyl adjacent to an activating group) is 1. The minimum absolute atomic E-state index is 0.0899. The maximum Gasteiger partial charge on any atom is 0.321 e. The van der Waals surface area contributed by atoms with Gasteiger partial charge in [0.25, 0.3) is 0 Å². The lowest BCUT2D eigenvalue weighted by Crippen LogP contribution is -2.40. The molecule has 0 aromatic heterocycles. The van der Waals surface area contributed by atoms with E-state index in [1.54, 1.807) is 0 Å². The predicted octanol–water partition coefficient (Wildman–Crippen LogP) is 0.928. The minimum Gasteiger partial charge on any atom is -0.494 e. The zero-order valence-corrected chi connectivity index (χ0v) is 11.4. The zero-order chi connectivity index (χ0) is 14.8. The topological polar surface area (TPSA) is 83.9 Å². The Kier molecular flexibility index (Phi) is 4.48. The number of ether oxygens (including phenoxy) is 1. The number of sulfonamides is 1. The van der Waals surface area contributed by atoms with Gasteiger partial charge in [-0.05, 0) is 25.1 Å². The van der Waals surface area contributed by atoms with Crippen LogP contribution in [0.4, 0.5) is 4.39 Å². The van der Waals surface area contributed by atoms with Crippen LogP contribution in [-0.2, 0) is 14.8 Å². The molecular formula is C11H14FNO5S. The Morgan fingerprint density at radius 2 is 2.05 bits per heavy atom. The van der Waals surface area contributed by atoms with Crippen molar-refractivity contribution in [3.05, 3.63) is 24.0 Å². The largest absolute Gasteiger partial charge is 0.494 e. The highest BCUT2D eigenvalue weighted by atomic mass is 32.2. The van der Waals surface area contributed by atoms with E-state index in [0.29, 0.717) is 4.31 Å². The van der Waals surface area contributed by atoms with Crippen LogP contribution in [0.5, 0.6) is 5.75 Å². The second kappa shape index (κ2) is 5.54. The Morgan fingerprint density at radius 1 is 1.47 bits per heavy atom. The first-order valence-electron chi connectivity index (χ1n) is 5.26. The molecule has 0 spiro atoms. The number of halogens is 1. The molecule has 0 aliphatic heterocycles. The van der Waals surface area contributed by atoms with E-state index in [-0.39, 0.29) is 10.6 Å². The molecule has 0 heterocycles. The van der Waals surface area contributed by atoms with E-state index >= 15 is 0 Å². The summed E-state index contributed by atoms with van der Waals surface area (Å²) in [7, 11) is -1.70. The lowest BCUT2D eigenvalue weighted by atomic mass is 10.3. The molecule has 0 saturated carbocycles. The van der Waals surface area contributed by atoms with E-state index < -0.39 is 27.9 Å². The first-order chi connectivity index (χ1) is 8.71. The van der Waals surface area contributed by atoms with Crippen molar-refractivity contribution in [3.63, 3.8) is 0 Å². The number of hydrogen-bond acceptors (Lipinski definition) is 4. The molecule has 0 fully saturated rings. The Balaban J connectivity index is 3.20. The van der Waals surface area contributed by atoms with Crippen molar-refractivity contribution < 1.29 is 27.4 Å². The van der Waals surface area contributed by atoms with Crippen LogP contribution in [0.25, 0.3) is 0 Å². The molecule has 0 bridgehead atoms. The number of carbonyl (C=O) groups is 1. The van der Waals surface area contributed by atoms with Gasteiger partial charge in [-0.15, -0.1) is 0 Å². The van der Waals surface area contributed by atoms with Gasteiger partial charge < -0.3 is 9.84 Å². The molecule has 1 rings (SSSR count). The van der Waals surface area contributed by atoms with Gasteiger partial charge in [0.05, 0.1) is 12.0 Å². The van der Waals surface area contributed by atoms with Crippen molar-refractivity contribution in [2.24, 2.45) is 0 Å². The van der Waals surface area contributed by atoms with E-state index in [9.17, 15) is 17.6 Å². The Bertz CT molecular complexity index is 587. The number of aliphatic carboxylic acids is 1. The molecule has 6 nitrogen and oxygen atoms in total. The lowest BCUT2D eigenvalue weighted by molar-refractivity contribution is -0.140. The van der Waals surface area contributed by atoms with Gasteiger partial charge in [0, 0.05) is 7.05 Å². The fraction of sp³-hybridized carbons (Fsp3) is 0.364. The molecule has 1 atom stereocenters. The van der Waals surface area contributed by atoms with Gasteiger partial charge in [0.1, 0.15) is 6.04 Å². The van der Waals surface area contributed by atoms with Gasteiger partial charge in [-0.1, -0.05) is 0 Å². The minimum atomic E-state index is -4.07. The van der Waals surface area contributed by atoms with Crippen LogP contribution in [0.3, 0.4) is 0 Å². The fourth-order valence-electron chi connectivity index (χ4n) is 1.34. The first-order valence-corrected chi connectivity index (χ1v) is 6.70. The second-order valence-corrected chi connectivity index (χ2v) is 5.83. The smallest absolute Gasteiger partial charge is 0.321 e. The third-order valence-corrected chi connectivity index (χ3v) is 4.63. The molecule has 1 aromatic rings. The van der Waals surface area contributed by atoms with Crippen LogP contribution in [-0.4, -0.2) is 44.0 Å². The summed E-state index contributed by atoms with van der Waals surface area (Å²) in [5.41, 5.74) is 0. The van der Waals surface area contributed by atoms with Crippen molar-refractivity contribution >= 4 is 16.0 Å². The molecule has 0 aliphatic rings. The van der Waals surface area contributed by atoms with Gasteiger partial charge in [-0.25, -0.2) is 12.8 Å². The van der Waals surface area contributed by atoms with Gasteiger partial charge in [-0.2, -0.15) is 4.31 Å². The number of rotatable bonds is 5. The zero-order valence-electron chi connectivity index (χ0n) is 10.6. The Labute approximate surface area is 110 Å². The number of benzene rings is 1. The quantitative estimate of drug-likeness (QED) is 0.872. The molecule has 0 amide bonds. The summed E-state index contributed by atoms with van der Waals surface area (Å²) in [5, 5.41) is 8.80. The van der Waals surface area contributed by atoms with Gasteiger partial charge in [-0.3, -0.25) is 4.79 Å². The van der Waals surface area contributed by atoms with Crippen LogP contribution >= 0.6 is 0 Å². The van der Waals surface area contributed by atoms with Gasteiger partial charge in [0.2, 0.25) is 10.0 Å². The van der Waals surface area contributed by atoms with Gasteiger partial charge in [0.15, 0.2) is 11.6 Å². The standard InChI is InChI=1S/C11H14FNO5S/c1-7(11(14)15)13(2)19(16,17)8-4-5-10(18-3)9(12)6-8/h4-7H,1-3H3,(H,14,15). The van der Waals surface area contributed by atoms with E-state index in [0.717, 1.165) is 19.2 Å². The number of hydrogen-bond donors (Lipinski definition) is 1. The van der Waals surface area contributed by atoms with E-state index in [1.165, 1.54) is 20.1 Å². The van der Waals surface area contributed by atoms with E-state index in [1.807, 2.05) is 0 Å². The maximum atomic E-state index is 13.5. The molecule has 1 unspecified atom stereocenters. The predicted molar refractivity (Wildman–Crippen MR) is 65.0 cm³/mol. The molecule has 0 radical (unpaired) electrons. The van der Waals surface area contributed by atoms with Crippen molar-refractivity contribution in [1.82, 2.24) is 4.31 Å². The third-order valence-electron chi connectivity index (χ3n) is 2.70. The molecule has 19 heavy (non-hydrogen) atoms. The lowest BCUT2D eigenvalue weighted by Gasteiger charge is -2.21. The molecule has 0 saturated heterocycles. The first kappa shape index (κ1) is 15.4. The number of carboxylic acids is 1. The molecule has 0 aliphatic carbocycles. The molecule has 106 valence electrons. The summed E-state index contributed by atoms with van der Waals surface area (Å²) in [6, 6.07) is 1.86. The Morgan fingerprint density at radius 3 is 2.47 bits per heavy atom. The van der Waals surface area contributed by atoms with Crippen molar-refractivity contribution in [2.75, 3.05) is 14.2 Å². The summed E-state index contributed by atoms with van der Waals surface area (Å²) in [5.74, 6) is -2.21. The number of carboxylic acid groups (broad SMARTS) is 1. The van der Waals surface area contributed by atoms with Crippen LogP contribution in [0.1, 0.15) is 6.92 Å². The molecule has 1 aromatic carbocycles. The summed E-state index contributed by atoms with van der Waals surface area (Å²) >= 11 is 0. The summed E-state index contributed by atoms with van der Waals surface area (Å²) in [6.45, 7) is 1.22. The third kappa shape index (κ3) is 3.02. The second-order valence-electron chi connectivity index (χ2n) is 3.83. The van der Waals surface area contributed by atoms with Crippen molar-refractivity contribution in [1.29, 1.82) is 0 Å². The highest BCUT2D eigenvalue weighted by Crippen LogP contribution is 2.23. The van der Waals surface area contributed by atoms with Crippen LogP contribution in [0.2, 0.25) is 0 Å². The monoisotopic (exact) mass is 291 g/mol.